The van der Waals surface area contributed by atoms with Gasteiger partial charge < -0.3 is 15.5 Å². The molecule has 1 aliphatic heterocycles. The second kappa shape index (κ2) is 9.77. The van der Waals surface area contributed by atoms with Crippen molar-refractivity contribution in [3.05, 3.63) is 53.4 Å². The molecule has 0 aliphatic carbocycles. The quantitative estimate of drug-likeness (QED) is 0.554. The standard InChI is InChI=1S/C22H23ClN8O/c1-30-10-6-16(7-11-30)31-14-15(12-27-31)28-22-26-13-19(23)20(29-22)17-4-2-3-5-18(17)21(32)25-9-8-24/h2-5,12-14,16H,6-7,9-11H2,1H3,(H,25,32)(H,26,28,29). The maximum Gasteiger partial charge on any atom is 0.252 e. The monoisotopic (exact) mass is 450 g/mol. The Morgan fingerprint density at radius 2 is 2.06 bits per heavy atom. The van der Waals surface area contributed by atoms with E-state index in [0.29, 0.717) is 33.8 Å². The van der Waals surface area contributed by atoms with Crippen molar-refractivity contribution in [2.24, 2.45) is 0 Å². The summed E-state index contributed by atoms with van der Waals surface area (Å²) in [5, 5.41) is 19.3. The molecule has 9 nitrogen and oxygen atoms in total. The number of hydrogen-bond acceptors (Lipinski definition) is 7. The van der Waals surface area contributed by atoms with E-state index in [1.54, 1.807) is 30.5 Å². The number of carbonyl (C=O) groups excluding carboxylic acids is 1. The minimum Gasteiger partial charge on any atom is -0.339 e. The Kier molecular flexibility index (Phi) is 6.63. The van der Waals surface area contributed by atoms with Gasteiger partial charge >= 0.3 is 0 Å². The molecule has 0 spiro atoms. The van der Waals surface area contributed by atoms with Gasteiger partial charge in [0.25, 0.3) is 5.91 Å². The van der Waals surface area contributed by atoms with Crippen LogP contribution in [-0.2, 0) is 0 Å². The third-order valence-electron chi connectivity index (χ3n) is 5.42. The van der Waals surface area contributed by atoms with Crippen molar-refractivity contribution in [1.82, 2.24) is 30.0 Å². The number of amides is 1. The second-order valence-electron chi connectivity index (χ2n) is 7.65. The van der Waals surface area contributed by atoms with Crippen molar-refractivity contribution in [3.8, 4) is 17.3 Å². The SMILES string of the molecule is CN1CCC(n2cc(Nc3ncc(Cl)c(-c4ccccc4C(=O)NCC#N)n3)cn2)CC1. The van der Waals surface area contributed by atoms with E-state index in [2.05, 4.69) is 37.6 Å². The minimum absolute atomic E-state index is 0.0846. The lowest BCUT2D eigenvalue weighted by molar-refractivity contribution is 0.0959. The molecule has 1 aromatic carbocycles. The van der Waals surface area contributed by atoms with Crippen LogP contribution in [0.15, 0.2) is 42.9 Å². The Morgan fingerprint density at radius 1 is 1.28 bits per heavy atom. The van der Waals surface area contributed by atoms with Crippen LogP contribution in [0.5, 0.6) is 0 Å². The van der Waals surface area contributed by atoms with E-state index in [4.69, 9.17) is 16.9 Å². The topological polar surface area (TPSA) is 112 Å². The smallest absolute Gasteiger partial charge is 0.252 e. The molecule has 0 bridgehead atoms. The summed E-state index contributed by atoms with van der Waals surface area (Å²) in [6.07, 6.45) is 7.32. The zero-order valence-corrected chi connectivity index (χ0v) is 18.4. The molecule has 3 aromatic rings. The maximum absolute atomic E-state index is 12.5. The molecule has 164 valence electrons. The van der Waals surface area contributed by atoms with Gasteiger partial charge in [-0.05, 0) is 39.0 Å². The number of likely N-dealkylation sites (tertiary alicyclic amines) is 1. The lowest BCUT2D eigenvalue weighted by Gasteiger charge is -2.28. The highest BCUT2D eigenvalue weighted by Gasteiger charge is 2.20. The fourth-order valence-electron chi connectivity index (χ4n) is 3.71. The number of benzene rings is 1. The molecule has 1 saturated heterocycles. The first kappa shape index (κ1) is 21.7. The Hall–Kier alpha value is -3.48. The molecule has 32 heavy (non-hydrogen) atoms. The normalized spacial score (nSPS) is 14.7. The molecule has 1 aliphatic rings. The zero-order chi connectivity index (χ0) is 22.5. The Bertz CT molecular complexity index is 1150. The predicted molar refractivity (Wildman–Crippen MR) is 122 cm³/mol. The summed E-state index contributed by atoms with van der Waals surface area (Å²) in [6.45, 7) is 2.02. The summed E-state index contributed by atoms with van der Waals surface area (Å²) in [7, 11) is 2.13. The first-order valence-corrected chi connectivity index (χ1v) is 10.7. The van der Waals surface area contributed by atoms with Gasteiger partial charge in [0.05, 0.1) is 40.9 Å². The van der Waals surface area contributed by atoms with Gasteiger partial charge in [-0.15, -0.1) is 0 Å². The maximum atomic E-state index is 12.5. The molecular formula is C22H23ClN8O. The zero-order valence-electron chi connectivity index (χ0n) is 17.6. The number of hydrogen-bond donors (Lipinski definition) is 2. The highest BCUT2D eigenvalue weighted by atomic mass is 35.5. The van der Waals surface area contributed by atoms with Crippen LogP contribution in [0, 0.1) is 11.3 Å². The van der Waals surface area contributed by atoms with E-state index >= 15 is 0 Å². The van der Waals surface area contributed by atoms with E-state index in [-0.39, 0.29) is 12.5 Å². The van der Waals surface area contributed by atoms with Gasteiger partial charge in [-0.3, -0.25) is 9.48 Å². The van der Waals surface area contributed by atoms with Crippen molar-refractivity contribution in [3.63, 3.8) is 0 Å². The molecule has 10 heteroatoms. The van der Waals surface area contributed by atoms with Gasteiger partial charge in [-0.1, -0.05) is 29.8 Å². The van der Waals surface area contributed by atoms with Crippen LogP contribution in [-0.4, -0.2) is 57.2 Å². The number of nitrogens with zero attached hydrogens (tertiary/aromatic N) is 6. The first-order chi connectivity index (χ1) is 15.5. The van der Waals surface area contributed by atoms with Crippen LogP contribution in [0.4, 0.5) is 11.6 Å². The van der Waals surface area contributed by atoms with Crippen molar-refractivity contribution in [2.45, 2.75) is 18.9 Å². The molecule has 0 radical (unpaired) electrons. The van der Waals surface area contributed by atoms with Crippen molar-refractivity contribution >= 4 is 29.1 Å². The number of nitrogens with one attached hydrogen (secondary N) is 2. The van der Waals surface area contributed by atoms with Gasteiger partial charge in [-0.25, -0.2) is 9.97 Å². The van der Waals surface area contributed by atoms with Crippen LogP contribution in [0.1, 0.15) is 29.2 Å². The summed E-state index contributed by atoms with van der Waals surface area (Å²) < 4.78 is 1.99. The summed E-state index contributed by atoms with van der Waals surface area (Å²) in [4.78, 5) is 23.6. The molecule has 0 unspecified atom stereocenters. The number of carbonyl (C=O) groups is 1. The van der Waals surface area contributed by atoms with E-state index in [1.165, 1.54) is 6.20 Å². The highest BCUT2D eigenvalue weighted by Crippen LogP contribution is 2.30. The molecule has 2 N–H and O–H groups in total. The van der Waals surface area contributed by atoms with E-state index in [9.17, 15) is 4.79 Å². The molecule has 3 heterocycles. The number of halogens is 1. The summed E-state index contributed by atoms with van der Waals surface area (Å²) in [5.41, 5.74) is 2.14. The third-order valence-corrected chi connectivity index (χ3v) is 5.70. The number of rotatable bonds is 6. The number of nitriles is 1. The predicted octanol–water partition coefficient (Wildman–Crippen LogP) is 3.26. The molecule has 2 aromatic heterocycles. The van der Waals surface area contributed by atoms with Gasteiger partial charge in [0, 0.05) is 17.3 Å². The second-order valence-corrected chi connectivity index (χ2v) is 8.05. The van der Waals surface area contributed by atoms with Gasteiger partial charge in [0.2, 0.25) is 5.95 Å². The largest absolute Gasteiger partial charge is 0.339 e. The van der Waals surface area contributed by atoms with Crippen LogP contribution in [0.3, 0.4) is 0 Å². The van der Waals surface area contributed by atoms with Crippen molar-refractivity contribution in [1.29, 1.82) is 5.26 Å². The van der Waals surface area contributed by atoms with E-state index < -0.39 is 0 Å². The lowest BCUT2D eigenvalue weighted by atomic mass is 10.0. The number of anilines is 2. The molecular weight excluding hydrogens is 428 g/mol. The number of aromatic nitrogens is 4. The molecule has 0 saturated carbocycles. The van der Waals surface area contributed by atoms with Crippen LogP contribution in [0.25, 0.3) is 11.3 Å². The fraction of sp³-hybridized carbons (Fsp3) is 0.318. The van der Waals surface area contributed by atoms with Crippen LogP contribution >= 0.6 is 11.6 Å². The van der Waals surface area contributed by atoms with E-state index in [0.717, 1.165) is 31.6 Å². The van der Waals surface area contributed by atoms with Crippen molar-refractivity contribution < 1.29 is 4.79 Å². The highest BCUT2D eigenvalue weighted by molar-refractivity contribution is 6.33. The Labute approximate surface area is 191 Å². The number of piperidine rings is 1. The van der Waals surface area contributed by atoms with Crippen molar-refractivity contribution in [2.75, 3.05) is 32.0 Å². The Morgan fingerprint density at radius 3 is 2.84 bits per heavy atom. The molecule has 0 atom stereocenters. The fourth-order valence-corrected chi connectivity index (χ4v) is 3.90. The summed E-state index contributed by atoms with van der Waals surface area (Å²) in [6, 6.07) is 9.25. The van der Waals surface area contributed by atoms with E-state index in [1.807, 2.05) is 16.9 Å². The van der Waals surface area contributed by atoms with Gasteiger partial charge in [0.15, 0.2) is 0 Å². The minimum atomic E-state index is -0.370. The lowest BCUT2D eigenvalue weighted by Crippen LogP contribution is -2.31. The molecule has 1 fully saturated rings. The third kappa shape index (κ3) is 4.88. The Balaban J connectivity index is 1.56. The van der Waals surface area contributed by atoms with Gasteiger partial charge in [-0.2, -0.15) is 10.4 Å². The average Bonchev–Trinajstić information content (AvgIpc) is 3.27. The summed E-state index contributed by atoms with van der Waals surface area (Å²) in [5.74, 6) is -0.0229. The van der Waals surface area contributed by atoms with Gasteiger partial charge in [0.1, 0.15) is 6.54 Å². The first-order valence-electron chi connectivity index (χ1n) is 10.3. The average molecular weight is 451 g/mol. The van der Waals surface area contributed by atoms with Crippen LogP contribution in [0.2, 0.25) is 5.02 Å². The summed E-state index contributed by atoms with van der Waals surface area (Å²) >= 11 is 6.37. The van der Waals surface area contributed by atoms with Crippen LogP contribution < -0.4 is 10.6 Å². The molecule has 4 rings (SSSR count). The molecule has 1 amide bonds.